The summed E-state index contributed by atoms with van der Waals surface area (Å²) in [5, 5.41) is 8.59. The molecule has 2 fully saturated rings. The quantitative estimate of drug-likeness (QED) is 0.801. The summed E-state index contributed by atoms with van der Waals surface area (Å²) in [6.07, 6.45) is 2.21. The molecule has 6 nitrogen and oxygen atoms in total. The largest absolute Gasteiger partial charge is 0.481 e. The lowest BCUT2D eigenvalue weighted by atomic mass is 10.0. The predicted octanol–water partition coefficient (Wildman–Crippen LogP) is 0.292. The first kappa shape index (κ1) is 13.8. The predicted molar refractivity (Wildman–Crippen MR) is 64.7 cm³/mol. The summed E-state index contributed by atoms with van der Waals surface area (Å²) in [4.78, 5) is 11.0. The fraction of sp³-hybridized carbons (Fsp3) is 0.909. The zero-order chi connectivity index (χ0) is 13.2. The van der Waals surface area contributed by atoms with Gasteiger partial charge in [0.15, 0.2) is 0 Å². The molecule has 0 amide bonds. The molecule has 7 heteroatoms. The average molecular weight is 277 g/mol. The van der Waals surface area contributed by atoms with E-state index >= 15 is 0 Å². The van der Waals surface area contributed by atoms with Gasteiger partial charge in [-0.3, -0.25) is 4.79 Å². The first-order chi connectivity index (χ1) is 8.51. The minimum atomic E-state index is -3.36. The lowest BCUT2D eigenvalue weighted by Crippen LogP contribution is -2.47. The smallest absolute Gasteiger partial charge is 0.307 e. The van der Waals surface area contributed by atoms with Gasteiger partial charge in [-0.1, -0.05) is 0 Å². The fourth-order valence-electron chi connectivity index (χ4n) is 2.56. The van der Waals surface area contributed by atoms with E-state index in [-0.39, 0.29) is 6.54 Å². The molecule has 0 radical (unpaired) electrons. The standard InChI is InChI=1S/C11H19NO5S/c13-11(14)9-2-1-5-12(8-9)18(15,16)10-3-6-17-7-4-10/h9-10H,1-8H2,(H,13,14)/t9-/m0/s1. The third kappa shape index (κ3) is 2.84. The van der Waals surface area contributed by atoms with E-state index in [9.17, 15) is 13.2 Å². The van der Waals surface area contributed by atoms with Gasteiger partial charge in [-0.15, -0.1) is 0 Å². The Labute approximate surface area is 107 Å². The van der Waals surface area contributed by atoms with Crippen LogP contribution in [0.4, 0.5) is 0 Å². The molecule has 0 aromatic carbocycles. The number of piperidine rings is 1. The maximum absolute atomic E-state index is 12.4. The lowest BCUT2D eigenvalue weighted by molar-refractivity contribution is -0.142. The Morgan fingerprint density at radius 3 is 2.50 bits per heavy atom. The van der Waals surface area contributed by atoms with Gasteiger partial charge in [-0.2, -0.15) is 0 Å². The Hall–Kier alpha value is -0.660. The number of carboxylic acid groups (broad SMARTS) is 1. The van der Waals surface area contributed by atoms with Crippen molar-refractivity contribution in [2.24, 2.45) is 5.92 Å². The van der Waals surface area contributed by atoms with Crippen LogP contribution in [0, 0.1) is 5.92 Å². The van der Waals surface area contributed by atoms with E-state index in [1.807, 2.05) is 0 Å². The molecule has 0 aromatic rings. The van der Waals surface area contributed by atoms with Gasteiger partial charge in [0.2, 0.25) is 10.0 Å². The molecular formula is C11H19NO5S. The topological polar surface area (TPSA) is 83.9 Å². The number of hydrogen-bond donors (Lipinski definition) is 1. The molecule has 0 spiro atoms. The maximum Gasteiger partial charge on any atom is 0.307 e. The Bertz CT molecular complexity index is 402. The highest BCUT2D eigenvalue weighted by atomic mass is 32.2. The molecule has 2 rings (SSSR count). The van der Waals surface area contributed by atoms with Gasteiger partial charge in [0, 0.05) is 26.3 Å². The minimum Gasteiger partial charge on any atom is -0.481 e. The van der Waals surface area contributed by atoms with Gasteiger partial charge in [0.25, 0.3) is 0 Å². The number of ether oxygens (including phenoxy) is 1. The number of nitrogens with zero attached hydrogens (tertiary/aromatic N) is 1. The van der Waals surface area contributed by atoms with Crippen molar-refractivity contribution in [1.82, 2.24) is 4.31 Å². The second-order valence-electron chi connectivity index (χ2n) is 4.89. The molecule has 1 N–H and O–H groups in total. The van der Waals surface area contributed by atoms with E-state index in [2.05, 4.69) is 0 Å². The van der Waals surface area contributed by atoms with Crippen molar-refractivity contribution in [3.05, 3.63) is 0 Å². The summed E-state index contributed by atoms with van der Waals surface area (Å²) in [7, 11) is -3.36. The van der Waals surface area contributed by atoms with Crippen LogP contribution >= 0.6 is 0 Å². The van der Waals surface area contributed by atoms with Gasteiger partial charge in [-0.05, 0) is 25.7 Å². The number of carboxylic acids is 1. The van der Waals surface area contributed by atoms with Crippen molar-refractivity contribution in [1.29, 1.82) is 0 Å². The summed E-state index contributed by atoms with van der Waals surface area (Å²) < 4.78 is 31.3. The molecule has 0 unspecified atom stereocenters. The Morgan fingerprint density at radius 1 is 1.22 bits per heavy atom. The van der Waals surface area contributed by atoms with Crippen LogP contribution in [0.5, 0.6) is 0 Å². The zero-order valence-electron chi connectivity index (χ0n) is 10.2. The maximum atomic E-state index is 12.4. The van der Waals surface area contributed by atoms with Crippen LogP contribution < -0.4 is 0 Å². The molecule has 0 saturated carbocycles. The van der Waals surface area contributed by atoms with Crippen LogP contribution in [0.1, 0.15) is 25.7 Å². The normalized spacial score (nSPS) is 28.1. The number of rotatable bonds is 3. The Balaban J connectivity index is 2.06. The molecular weight excluding hydrogens is 258 g/mol. The first-order valence-corrected chi connectivity index (χ1v) is 7.81. The van der Waals surface area contributed by atoms with Crippen molar-refractivity contribution in [3.8, 4) is 0 Å². The molecule has 0 bridgehead atoms. The first-order valence-electron chi connectivity index (χ1n) is 6.31. The highest BCUT2D eigenvalue weighted by Crippen LogP contribution is 2.25. The van der Waals surface area contributed by atoms with E-state index in [4.69, 9.17) is 9.84 Å². The van der Waals surface area contributed by atoms with Crippen molar-refractivity contribution < 1.29 is 23.1 Å². The van der Waals surface area contributed by atoms with Gasteiger partial charge in [-0.25, -0.2) is 12.7 Å². The van der Waals surface area contributed by atoms with E-state index in [1.54, 1.807) is 0 Å². The van der Waals surface area contributed by atoms with Crippen LogP contribution in [-0.2, 0) is 19.6 Å². The van der Waals surface area contributed by atoms with Gasteiger partial charge in [0.1, 0.15) is 0 Å². The van der Waals surface area contributed by atoms with Crippen molar-refractivity contribution in [2.75, 3.05) is 26.3 Å². The van der Waals surface area contributed by atoms with E-state index in [0.29, 0.717) is 45.4 Å². The van der Waals surface area contributed by atoms with Crippen LogP contribution in [0.25, 0.3) is 0 Å². The van der Waals surface area contributed by atoms with Crippen molar-refractivity contribution >= 4 is 16.0 Å². The molecule has 104 valence electrons. The van der Waals surface area contributed by atoms with Crippen molar-refractivity contribution in [2.45, 2.75) is 30.9 Å². The van der Waals surface area contributed by atoms with Crippen LogP contribution in [0.2, 0.25) is 0 Å². The van der Waals surface area contributed by atoms with Crippen molar-refractivity contribution in [3.63, 3.8) is 0 Å². The SMILES string of the molecule is O=C(O)[C@H]1CCCN(S(=O)(=O)C2CCOCC2)C1. The Morgan fingerprint density at radius 2 is 1.89 bits per heavy atom. The summed E-state index contributed by atoms with van der Waals surface area (Å²) >= 11 is 0. The average Bonchev–Trinajstić information content (AvgIpc) is 2.40. The molecule has 2 heterocycles. The summed E-state index contributed by atoms with van der Waals surface area (Å²) in [5.74, 6) is -1.46. The number of hydrogen-bond acceptors (Lipinski definition) is 4. The van der Waals surface area contributed by atoms with Gasteiger partial charge >= 0.3 is 5.97 Å². The third-order valence-electron chi connectivity index (χ3n) is 3.68. The molecule has 18 heavy (non-hydrogen) atoms. The van der Waals surface area contributed by atoms with E-state index < -0.39 is 27.2 Å². The highest BCUT2D eigenvalue weighted by molar-refractivity contribution is 7.89. The van der Waals surface area contributed by atoms with Crippen LogP contribution in [0.3, 0.4) is 0 Å². The molecule has 1 atom stereocenters. The van der Waals surface area contributed by atoms with Crippen LogP contribution in [0.15, 0.2) is 0 Å². The summed E-state index contributed by atoms with van der Waals surface area (Å²) in [5.41, 5.74) is 0. The lowest BCUT2D eigenvalue weighted by Gasteiger charge is -2.34. The van der Waals surface area contributed by atoms with E-state index in [1.165, 1.54) is 4.31 Å². The Kier molecular flexibility index (Phi) is 4.24. The van der Waals surface area contributed by atoms with Gasteiger partial charge in [0.05, 0.1) is 11.2 Å². The zero-order valence-corrected chi connectivity index (χ0v) is 11.1. The van der Waals surface area contributed by atoms with Gasteiger partial charge < -0.3 is 9.84 Å². The second kappa shape index (κ2) is 5.54. The molecule has 0 aliphatic carbocycles. The molecule has 2 aliphatic rings. The molecule has 0 aromatic heterocycles. The number of carbonyl (C=O) groups is 1. The molecule has 2 saturated heterocycles. The molecule has 2 aliphatic heterocycles. The summed E-state index contributed by atoms with van der Waals surface area (Å²) in [6.45, 7) is 1.51. The number of sulfonamides is 1. The third-order valence-corrected chi connectivity index (χ3v) is 6.05. The fourth-order valence-corrected chi connectivity index (χ4v) is 4.54. The van der Waals surface area contributed by atoms with E-state index in [0.717, 1.165) is 0 Å². The minimum absolute atomic E-state index is 0.120. The van der Waals surface area contributed by atoms with Crippen LogP contribution in [-0.4, -0.2) is 55.4 Å². The summed E-state index contributed by atoms with van der Waals surface area (Å²) in [6, 6.07) is 0. The highest BCUT2D eigenvalue weighted by Gasteiger charge is 2.37. The number of aliphatic carboxylic acids is 1. The monoisotopic (exact) mass is 277 g/mol. The second-order valence-corrected chi connectivity index (χ2v) is 7.11.